The number of carbonyl (C=O) groups excluding carboxylic acids is 2. The summed E-state index contributed by atoms with van der Waals surface area (Å²) < 4.78 is 10.6. The zero-order valence-corrected chi connectivity index (χ0v) is 16.4. The van der Waals surface area contributed by atoms with Crippen molar-refractivity contribution in [2.24, 2.45) is 5.92 Å². The first-order valence-electron chi connectivity index (χ1n) is 9.71. The van der Waals surface area contributed by atoms with Crippen LogP contribution in [0.4, 0.5) is 0 Å². The van der Waals surface area contributed by atoms with Gasteiger partial charge in [-0.3, -0.25) is 4.79 Å². The van der Waals surface area contributed by atoms with E-state index in [0.717, 1.165) is 38.5 Å². The molecule has 0 saturated carbocycles. The van der Waals surface area contributed by atoms with E-state index >= 15 is 0 Å². The molecule has 0 unspecified atom stereocenters. The smallest absolute Gasteiger partial charge is 0.328 e. The second-order valence-corrected chi connectivity index (χ2v) is 7.07. The van der Waals surface area contributed by atoms with Gasteiger partial charge in [0, 0.05) is 12.3 Å². The molecule has 1 aromatic heterocycles. The predicted molar refractivity (Wildman–Crippen MR) is 101 cm³/mol. The number of hydrogen-bond donors (Lipinski definition) is 2. The lowest BCUT2D eigenvalue weighted by Gasteiger charge is -2.24. The van der Waals surface area contributed by atoms with E-state index in [4.69, 9.17) is 9.47 Å². The molecule has 0 spiro atoms. The lowest BCUT2D eigenvalue weighted by Crippen LogP contribution is -2.43. The summed E-state index contributed by atoms with van der Waals surface area (Å²) in [6.07, 6.45) is 7.82. The second kappa shape index (κ2) is 10.1. The topological polar surface area (TPSA) is 97.8 Å². The molecule has 3 atom stereocenters. The van der Waals surface area contributed by atoms with E-state index in [1.165, 1.54) is 19.4 Å². The Labute approximate surface area is 160 Å². The summed E-state index contributed by atoms with van der Waals surface area (Å²) in [5.74, 6) is -0.890. The summed E-state index contributed by atoms with van der Waals surface area (Å²) in [4.78, 5) is 29.0. The lowest BCUT2D eigenvalue weighted by molar-refractivity contribution is -0.153. The van der Waals surface area contributed by atoms with Crippen molar-refractivity contribution in [2.75, 3.05) is 7.11 Å². The highest BCUT2D eigenvalue weighted by Gasteiger charge is 2.30. The van der Waals surface area contributed by atoms with Gasteiger partial charge in [-0.25, -0.2) is 9.78 Å². The monoisotopic (exact) mass is 378 g/mol. The third-order valence-corrected chi connectivity index (χ3v) is 5.12. The molecule has 0 aliphatic carbocycles. The van der Waals surface area contributed by atoms with Crippen molar-refractivity contribution < 1.29 is 24.2 Å². The third-order valence-electron chi connectivity index (χ3n) is 5.12. The SMILES string of the molecule is CCCC[C@@H]1CCCC[C@H](NC(=O)c2nccc(OC)c2O)C(=O)O[C@H]1C. The number of methoxy groups -OCH3 is 1. The largest absolute Gasteiger partial charge is 0.503 e. The molecule has 0 bridgehead atoms. The second-order valence-electron chi connectivity index (χ2n) is 7.07. The Bertz CT molecular complexity index is 649. The first-order chi connectivity index (χ1) is 13.0. The van der Waals surface area contributed by atoms with Gasteiger partial charge in [0.05, 0.1) is 7.11 Å². The third kappa shape index (κ3) is 5.58. The average Bonchev–Trinajstić information content (AvgIpc) is 2.71. The molecule has 0 radical (unpaired) electrons. The first-order valence-corrected chi connectivity index (χ1v) is 9.71. The summed E-state index contributed by atoms with van der Waals surface area (Å²) in [7, 11) is 1.39. The predicted octanol–water partition coefficient (Wildman–Crippen LogP) is 3.21. The maximum Gasteiger partial charge on any atom is 0.328 e. The number of cyclic esters (lactones) is 1. The zero-order chi connectivity index (χ0) is 19.8. The van der Waals surface area contributed by atoms with Crippen LogP contribution in [0.25, 0.3) is 0 Å². The number of aromatic nitrogens is 1. The number of unbranched alkanes of at least 4 members (excludes halogenated alkanes) is 1. The van der Waals surface area contributed by atoms with Crippen molar-refractivity contribution in [1.82, 2.24) is 10.3 Å². The van der Waals surface area contributed by atoms with Gasteiger partial charge in [-0.2, -0.15) is 0 Å². The van der Waals surface area contributed by atoms with Crippen molar-refractivity contribution in [2.45, 2.75) is 70.9 Å². The number of nitrogens with one attached hydrogen (secondary N) is 1. The fraction of sp³-hybridized carbons (Fsp3) is 0.650. The molecule has 2 heterocycles. The van der Waals surface area contributed by atoms with Crippen LogP contribution in [0.3, 0.4) is 0 Å². The van der Waals surface area contributed by atoms with Crippen molar-refractivity contribution in [3.8, 4) is 11.5 Å². The highest BCUT2D eigenvalue weighted by atomic mass is 16.5. The average molecular weight is 378 g/mol. The van der Waals surface area contributed by atoms with E-state index in [-0.39, 0.29) is 23.3 Å². The highest BCUT2D eigenvalue weighted by Crippen LogP contribution is 2.28. The maximum atomic E-state index is 12.6. The van der Waals surface area contributed by atoms with Gasteiger partial charge in [-0.05, 0) is 32.1 Å². The molecule has 150 valence electrons. The molecule has 2 rings (SSSR count). The van der Waals surface area contributed by atoms with Gasteiger partial charge < -0.3 is 19.9 Å². The van der Waals surface area contributed by atoms with E-state index in [0.29, 0.717) is 12.3 Å². The van der Waals surface area contributed by atoms with Gasteiger partial charge in [0.15, 0.2) is 17.2 Å². The molecule has 1 aromatic rings. The van der Waals surface area contributed by atoms with Crippen LogP contribution in [-0.4, -0.2) is 41.2 Å². The number of nitrogens with zero attached hydrogens (tertiary/aromatic N) is 1. The zero-order valence-electron chi connectivity index (χ0n) is 16.4. The van der Waals surface area contributed by atoms with Crippen LogP contribution in [0.5, 0.6) is 11.5 Å². The molecule has 0 aromatic carbocycles. The van der Waals surface area contributed by atoms with Crippen molar-refractivity contribution in [3.63, 3.8) is 0 Å². The highest BCUT2D eigenvalue weighted by molar-refractivity contribution is 5.97. The number of ether oxygens (including phenoxy) is 2. The van der Waals surface area contributed by atoms with Crippen molar-refractivity contribution in [1.29, 1.82) is 0 Å². The van der Waals surface area contributed by atoms with Crippen LogP contribution in [0, 0.1) is 5.92 Å². The summed E-state index contributed by atoms with van der Waals surface area (Å²) >= 11 is 0. The Morgan fingerprint density at radius 3 is 2.85 bits per heavy atom. The first kappa shape index (κ1) is 21.0. The number of rotatable bonds is 6. The maximum absolute atomic E-state index is 12.6. The quantitative estimate of drug-likeness (QED) is 0.738. The van der Waals surface area contributed by atoms with Crippen LogP contribution in [0.1, 0.15) is 69.3 Å². The number of carbonyl (C=O) groups is 2. The van der Waals surface area contributed by atoms with Gasteiger partial charge in [-0.15, -0.1) is 0 Å². The molecular formula is C20H30N2O5. The number of pyridine rings is 1. The Hall–Kier alpha value is -2.31. The molecule has 1 fully saturated rings. The number of esters is 1. The minimum Gasteiger partial charge on any atom is -0.503 e. The molecule has 1 aliphatic rings. The Balaban J connectivity index is 2.07. The molecule has 27 heavy (non-hydrogen) atoms. The fourth-order valence-corrected chi connectivity index (χ4v) is 3.44. The molecule has 1 saturated heterocycles. The lowest BCUT2D eigenvalue weighted by atomic mass is 9.91. The van der Waals surface area contributed by atoms with Gasteiger partial charge in [-0.1, -0.05) is 32.6 Å². The minimum absolute atomic E-state index is 0.152. The van der Waals surface area contributed by atoms with Gasteiger partial charge in [0.1, 0.15) is 12.1 Å². The van der Waals surface area contributed by atoms with Crippen molar-refractivity contribution >= 4 is 11.9 Å². The van der Waals surface area contributed by atoms with E-state index in [1.807, 2.05) is 6.92 Å². The Morgan fingerprint density at radius 1 is 1.41 bits per heavy atom. The van der Waals surface area contributed by atoms with Gasteiger partial charge in [0.2, 0.25) is 0 Å². The standard InChI is InChI=1S/C20H30N2O5/c1-4-5-8-14-9-6-7-10-15(20(25)27-13(14)2)22-19(24)17-18(23)16(26-3)11-12-21-17/h11-15,23H,4-10H2,1-3H3,(H,22,24)/t13-,14+,15-/m0/s1. The van der Waals surface area contributed by atoms with Crippen LogP contribution in [0.15, 0.2) is 12.3 Å². The summed E-state index contributed by atoms with van der Waals surface area (Å²) in [5, 5.41) is 12.8. The molecule has 1 aliphatic heterocycles. The molecule has 7 nitrogen and oxygen atoms in total. The van der Waals surface area contributed by atoms with Gasteiger partial charge >= 0.3 is 5.97 Å². The normalized spacial score (nSPS) is 23.5. The number of hydrogen-bond acceptors (Lipinski definition) is 6. The number of aromatic hydroxyl groups is 1. The molecule has 1 amide bonds. The summed E-state index contributed by atoms with van der Waals surface area (Å²) in [6.45, 7) is 4.08. The fourth-order valence-electron chi connectivity index (χ4n) is 3.44. The summed E-state index contributed by atoms with van der Waals surface area (Å²) in [6, 6.07) is 0.704. The van der Waals surface area contributed by atoms with Crippen LogP contribution < -0.4 is 10.1 Å². The van der Waals surface area contributed by atoms with Crippen LogP contribution >= 0.6 is 0 Å². The van der Waals surface area contributed by atoms with E-state index in [2.05, 4.69) is 17.2 Å². The minimum atomic E-state index is -0.753. The molecule has 7 heteroatoms. The van der Waals surface area contributed by atoms with E-state index in [1.54, 1.807) is 0 Å². The van der Waals surface area contributed by atoms with Crippen LogP contribution in [0.2, 0.25) is 0 Å². The molecular weight excluding hydrogens is 348 g/mol. The van der Waals surface area contributed by atoms with E-state index in [9.17, 15) is 14.7 Å². The Kier molecular flexibility index (Phi) is 7.88. The molecule has 2 N–H and O–H groups in total. The number of amides is 1. The van der Waals surface area contributed by atoms with Crippen LogP contribution in [-0.2, 0) is 9.53 Å². The Morgan fingerprint density at radius 2 is 2.15 bits per heavy atom. The van der Waals surface area contributed by atoms with E-state index < -0.39 is 17.9 Å². The van der Waals surface area contributed by atoms with Gasteiger partial charge in [0.25, 0.3) is 5.91 Å². The summed E-state index contributed by atoms with van der Waals surface area (Å²) in [5.41, 5.74) is -0.170. The van der Waals surface area contributed by atoms with Crippen molar-refractivity contribution in [3.05, 3.63) is 18.0 Å².